The van der Waals surface area contributed by atoms with E-state index in [2.05, 4.69) is 28.5 Å². The van der Waals surface area contributed by atoms with Crippen LogP contribution in [0.3, 0.4) is 0 Å². The molecule has 0 bridgehead atoms. The van der Waals surface area contributed by atoms with Crippen molar-refractivity contribution in [2.24, 2.45) is 0 Å². The number of aromatic nitrogens is 1. The van der Waals surface area contributed by atoms with Crippen LogP contribution in [0.15, 0.2) is 48.8 Å². The molecule has 2 heterocycles. The number of pyridine rings is 1. The van der Waals surface area contributed by atoms with Crippen LogP contribution < -0.4 is 10.1 Å². The minimum Gasteiger partial charge on any atom is -0.493 e. The highest BCUT2D eigenvalue weighted by Crippen LogP contribution is 2.32. The lowest BCUT2D eigenvalue weighted by atomic mass is 10.0. The van der Waals surface area contributed by atoms with Gasteiger partial charge in [-0.3, -0.25) is 4.98 Å². The lowest BCUT2D eigenvalue weighted by Crippen LogP contribution is -2.22. The molecule has 0 aliphatic carbocycles. The summed E-state index contributed by atoms with van der Waals surface area (Å²) in [6, 6.07) is 12.3. The Balaban J connectivity index is 1.56. The van der Waals surface area contributed by atoms with Gasteiger partial charge in [-0.15, -0.1) is 0 Å². The molecule has 18 heavy (non-hydrogen) atoms. The Hall–Kier alpha value is -1.87. The number of nitrogens with one attached hydrogen (secondary N) is 1. The molecule has 3 rings (SSSR count). The summed E-state index contributed by atoms with van der Waals surface area (Å²) >= 11 is 0. The van der Waals surface area contributed by atoms with Crippen LogP contribution in [0.25, 0.3) is 0 Å². The Morgan fingerprint density at radius 3 is 3.06 bits per heavy atom. The van der Waals surface area contributed by atoms with Gasteiger partial charge in [-0.05, 0) is 17.7 Å². The van der Waals surface area contributed by atoms with E-state index in [9.17, 15) is 0 Å². The van der Waals surface area contributed by atoms with Crippen LogP contribution in [-0.2, 0) is 6.54 Å². The van der Waals surface area contributed by atoms with E-state index in [1.165, 1.54) is 11.1 Å². The second-order valence-corrected chi connectivity index (χ2v) is 4.54. The predicted molar refractivity (Wildman–Crippen MR) is 70.6 cm³/mol. The number of hydrogen-bond donors (Lipinski definition) is 1. The smallest absolute Gasteiger partial charge is 0.122 e. The zero-order valence-electron chi connectivity index (χ0n) is 10.2. The summed E-state index contributed by atoms with van der Waals surface area (Å²) in [5.74, 6) is 1.49. The summed E-state index contributed by atoms with van der Waals surface area (Å²) in [6.45, 7) is 2.57. The van der Waals surface area contributed by atoms with Crippen LogP contribution >= 0.6 is 0 Å². The quantitative estimate of drug-likeness (QED) is 0.890. The van der Waals surface area contributed by atoms with Crippen LogP contribution in [-0.4, -0.2) is 18.1 Å². The van der Waals surface area contributed by atoms with Gasteiger partial charge in [0.05, 0.1) is 6.61 Å². The molecule has 1 unspecified atom stereocenters. The Morgan fingerprint density at radius 2 is 2.17 bits per heavy atom. The van der Waals surface area contributed by atoms with Crippen LogP contribution in [0.2, 0.25) is 0 Å². The van der Waals surface area contributed by atoms with E-state index in [4.69, 9.17) is 4.74 Å². The van der Waals surface area contributed by atoms with Crippen molar-refractivity contribution in [3.63, 3.8) is 0 Å². The van der Waals surface area contributed by atoms with Crippen LogP contribution in [0.1, 0.15) is 17.0 Å². The molecule has 0 radical (unpaired) electrons. The van der Waals surface area contributed by atoms with Gasteiger partial charge in [0.15, 0.2) is 0 Å². The molecular weight excluding hydrogens is 224 g/mol. The number of fused-ring (bicyclic) bond motifs is 1. The van der Waals surface area contributed by atoms with E-state index < -0.39 is 0 Å². The largest absolute Gasteiger partial charge is 0.493 e. The molecule has 92 valence electrons. The molecule has 1 aliphatic rings. The first-order valence-corrected chi connectivity index (χ1v) is 6.25. The van der Waals surface area contributed by atoms with Gasteiger partial charge < -0.3 is 10.1 Å². The van der Waals surface area contributed by atoms with E-state index in [0.717, 1.165) is 25.4 Å². The molecule has 1 aromatic carbocycles. The van der Waals surface area contributed by atoms with Gasteiger partial charge in [0.25, 0.3) is 0 Å². The minimum absolute atomic E-state index is 0.456. The lowest BCUT2D eigenvalue weighted by Gasteiger charge is -2.10. The third kappa shape index (κ3) is 2.36. The van der Waals surface area contributed by atoms with E-state index in [1.54, 1.807) is 6.20 Å². The van der Waals surface area contributed by atoms with Crippen molar-refractivity contribution in [1.82, 2.24) is 10.3 Å². The van der Waals surface area contributed by atoms with Crippen molar-refractivity contribution >= 4 is 0 Å². The topological polar surface area (TPSA) is 34.2 Å². The van der Waals surface area contributed by atoms with Crippen molar-refractivity contribution in [1.29, 1.82) is 0 Å². The summed E-state index contributed by atoms with van der Waals surface area (Å²) in [5, 5.41) is 3.46. The molecule has 0 saturated heterocycles. The maximum Gasteiger partial charge on any atom is 0.122 e. The number of hydrogen-bond acceptors (Lipinski definition) is 3. The maximum absolute atomic E-state index is 5.66. The molecule has 1 N–H and O–H groups in total. The fraction of sp³-hybridized carbons (Fsp3) is 0.267. The summed E-state index contributed by atoms with van der Waals surface area (Å²) in [4.78, 5) is 4.11. The van der Waals surface area contributed by atoms with Gasteiger partial charge in [-0.2, -0.15) is 0 Å². The Bertz CT molecular complexity index is 513. The van der Waals surface area contributed by atoms with E-state index in [1.807, 2.05) is 24.4 Å². The Labute approximate surface area is 107 Å². The van der Waals surface area contributed by atoms with Gasteiger partial charge >= 0.3 is 0 Å². The average molecular weight is 240 g/mol. The zero-order valence-corrected chi connectivity index (χ0v) is 10.2. The number of rotatable bonds is 4. The first-order chi connectivity index (χ1) is 8.93. The van der Waals surface area contributed by atoms with Crippen molar-refractivity contribution in [3.8, 4) is 5.75 Å². The zero-order chi connectivity index (χ0) is 12.2. The molecule has 1 aliphatic heterocycles. The normalized spacial score (nSPS) is 17.2. The summed E-state index contributed by atoms with van der Waals surface area (Å²) < 4.78 is 5.66. The molecule has 0 spiro atoms. The minimum atomic E-state index is 0.456. The SMILES string of the molecule is c1cncc(CNCC2COc3ccccc32)c1. The van der Waals surface area contributed by atoms with E-state index >= 15 is 0 Å². The highest BCUT2D eigenvalue weighted by molar-refractivity contribution is 5.39. The fourth-order valence-electron chi connectivity index (χ4n) is 2.29. The maximum atomic E-state index is 5.66. The van der Waals surface area contributed by atoms with Crippen LogP contribution in [0.5, 0.6) is 5.75 Å². The fourth-order valence-corrected chi connectivity index (χ4v) is 2.29. The van der Waals surface area contributed by atoms with Crippen molar-refractivity contribution < 1.29 is 4.74 Å². The lowest BCUT2D eigenvalue weighted by molar-refractivity contribution is 0.326. The number of nitrogens with zero attached hydrogens (tertiary/aromatic N) is 1. The molecule has 0 amide bonds. The molecule has 1 aromatic heterocycles. The summed E-state index contributed by atoms with van der Waals surface area (Å²) in [7, 11) is 0. The summed E-state index contributed by atoms with van der Waals surface area (Å²) in [6.07, 6.45) is 3.69. The molecule has 0 fully saturated rings. The predicted octanol–water partition coefficient (Wildman–Crippen LogP) is 2.35. The number of benzene rings is 1. The van der Waals surface area contributed by atoms with Crippen LogP contribution in [0.4, 0.5) is 0 Å². The Morgan fingerprint density at radius 1 is 1.22 bits per heavy atom. The van der Waals surface area contributed by atoms with E-state index in [-0.39, 0.29) is 0 Å². The van der Waals surface area contributed by atoms with Crippen molar-refractivity contribution in [2.75, 3.05) is 13.2 Å². The Kier molecular flexibility index (Phi) is 3.24. The number of para-hydroxylation sites is 1. The van der Waals surface area contributed by atoms with Crippen molar-refractivity contribution in [2.45, 2.75) is 12.5 Å². The summed E-state index contributed by atoms with van der Waals surface area (Å²) in [5.41, 5.74) is 2.53. The monoisotopic (exact) mass is 240 g/mol. The average Bonchev–Trinajstić information content (AvgIpc) is 2.84. The standard InChI is InChI=1S/C15H16N2O/c1-2-6-15-14(5-1)13(11-18-15)10-17-9-12-4-3-7-16-8-12/h1-8,13,17H,9-11H2. The first kappa shape index (κ1) is 11.2. The van der Waals surface area contributed by atoms with Gasteiger partial charge in [-0.1, -0.05) is 24.3 Å². The third-order valence-corrected chi connectivity index (χ3v) is 3.24. The second kappa shape index (κ2) is 5.19. The van der Waals surface area contributed by atoms with E-state index in [0.29, 0.717) is 5.92 Å². The highest BCUT2D eigenvalue weighted by Gasteiger charge is 2.22. The molecule has 1 atom stereocenters. The van der Waals surface area contributed by atoms with Gasteiger partial charge in [0.2, 0.25) is 0 Å². The molecule has 0 saturated carbocycles. The van der Waals surface area contributed by atoms with Gasteiger partial charge in [-0.25, -0.2) is 0 Å². The third-order valence-electron chi connectivity index (χ3n) is 3.24. The van der Waals surface area contributed by atoms with Crippen LogP contribution in [0, 0.1) is 0 Å². The van der Waals surface area contributed by atoms with Crippen molar-refractivity contribution in [3.05, 3.63) is 59.9 Å². The molecule has 3 heteroatoms. The van der Waals surface area contributed by atoms with Gasteiger partial charge in [0, 0.05) is 37.0 Å². The van der Waals surface area contributed by atoms with Gasteiger partial charge in [0.1, 0.15) is 5.75 Å². The number of ether oxygens (including phenoxy) is 1. The highest BCUT2D eigenvalue weighted by atomic mass is 16.5. The molecule has 2 aromatic rings. The first-order valence-electron chi connectivity index (χ1n) is 6.25. The molecule has 3 nitrogen and oxygen atoms in total. The molecular formula is C15H16N2O. The second-order valence-electron chi connectivity index (χ2n) is 4.54.